The molecular formula is C68H78LiN7O9S2. The summed E-state index contributed by atoms with van der Waals surface area (Å²) in [5.74, 6) is 3.87. The first-order valence-electron chi connectivity index (χ1n) is 29.5. The number of nitrogens with two attached hydrogens (primary N) is 1. The fourth-order valence-electron chi connectivity index (χ4n) is 15.0. The molecule has 2 aromatic heterocycles. The minimum atomic E-state index is -0.766. The van der Waals surface area contributed by atoms with Gasteiger partial charge in [0, 0.05) is 47.5 Å². The number of imidazole rings is 2. The predicted molar refractivity (Wildman–Crippen MR) is 336 cm³/mol. The van der Waals surface area contributed by atoms with Crippen LogP contribution in [0.1, 0.15) is 190 Å². The molecule has 12 unspecified atom stereocenters. The van der Waals surface area contributed by atoms with Crippen LogP contribution < -0.4 is 29.9 Å². The number of carbonyl (C=O) groups excluding carboxylic acids is 3. The minimum Gasteiger partial charge on any atom is -0.870 e. The van der Waals surface area contributed by atoms with Gasteiger partial charge in [0.15, 0.2) is 0 Å². The average Bonchev–Trinajstić information content (AvgIpc) is 1.76. The van der Waals surface area contributed by atoms with Crippen molar-refractivity contribution >= 4 is 57.9 Å². The number of hydrogen-bond acceptors (Lipinski definition) is 14. The van der Waals surface area contributed by atoms with Crippen molar-refractivity contribution in [2.45, 2.75) is 136 Å². The summed E-state index contributed by atoms with van der Waals surface area (Å²) in [5.41, 5.74) is 14.5. The summed E-state index contributed by atoms with van der Waals surface area (Å²) in [5, 5.41) is 14.2. The number of aliphatic carboxylic acids is 1. The SMILES string of the molecule is C#CCN.CCOC(=O)C1(C)CC2C(=S)NC1c1ccccc12.CCOC(=O)C1(C)CC2C(SC)=NC1c1ccccc12.CCOC(=O)C1(C)CC2c3ccccc3C1n1c(C)cnc12.Cc1cnc2n1C1c3ccccc3C2CC1(C)C(=O)O.[Li+].[OH-]. The van der Waals surface area contributed by atoms with Crippen LogP contribution in [0.2, 0.25) is 0 Å². The maximum atomic E-state index is 12.7. The Kier molecular flexibility index (Phi) is 19.8. The number of piperidine rings is 1. The number of benzene rings is 4. The van der Waals surface area contributed by atoms with Crippen molar-refractivity contribution in [1.82, 2.24) is 24.4 Å². The van der Waals surface area contributed by atoms with Gasteiger partial charge in [0.1, 0.15) is 11.6 Å². The monoisotopic (exact) mass is 1210 g/mol. The molecule has 0 amide bonds. The molecule has 1 fully saturated rings. The fraction of sp³-hybridized carbons (Fsp3) is 0.441. The van der Waals surface area contributed by atoms with Crippen molar-refractivity contribution < 1.29 is 62.8 Å². The van der Waals surface area contributed by atoms with E-state index in [1.54, 1.807) is 11.8 Å². The minimum absolute atomic E-state index is 0. The molecule has 12 atom stereocenters. The molecule has 4 aliphatic carbocycles. The number of rotatable bonds is 7. The fourth-order valence-corrected chi connectivity index (χ4v) is 16.0. The molecule has 0 saturated carbocycles. The van der Waals surface area contributed by atoms with Gasteiger partial charge in [-0.3, -0.25) is 24.2 Å². The molecule has 452 valence electrons. The van der Waals surface area contributed by atoms with E-state index in [1.165, 1.54) is 38.9 Å². The van der Waals surface area contributed by atoms with Crippen LogP contribution in [-0.2, 0) is 33.4 Å². The first kappa shape index (κ1) is 66.1. The molecule has 0 spiro atoms. The van der Waals surface area contributed by atoms with Crippen molar-refractivity contribution in [1.29, 1.82) is 0 Å². The number of fused-ring (bicyclic) bond motifs is 5. The summed E-state index contributed by atoms with van der Waals surface area (Å²) in [4.78, 5) is 64.2. The number of aryl methyl sites for hydroxylation is 2. The van der Waals surface area contributed by atoms with Gasteiger partial charge < -0.3 is 45.0 Å². The van der Waals surface area contributed by atoms with E-state index in [0.717, 1.165) is 57.9 Å². The molecule has 1 saturated heterocycles. The van der Waals surface area contributed by atoms with Crippen molar-refractivity contribution in [3.05, 3.63) is 177 Å². The molecule has 6 aromatic rings. The largest absolute Gasteiger partial charge is 1.00 e. The summed E-state index contributed by atoms with van der Waals surface area (Å²) >= 11 is 7.12. The number of terminal acetylenes is 1. The molecule has 19 heteroatoms. The molecule has 5 N–H and O–H groups in total. The number of thiocarbonyl (C=S) groups is 1. The van der Waals surface area contributed by atoms with Gasteiger partial charge in [-0.1, -0.05) is 115 Å². The van der Waals surface area contributed by atoms with Crippen LogP contribution in [-0.4, -0.2) is 96.2 Å². The Labute approximate surface area is 532 Å². The van der Waals surface area contributed by atoms with Crippen molar-refractivity contribution in [3.8, 4) is 12.3 Å². The zero-order valence-electron chi connectivity index (χ0n) is 51.6. The zero-order chi connectivity index (χ0) is 60.9. The third-order valence-electron chi connectivity index (χ3n) is 19.0. The molecule has 87 heavy (non-hydrogen) atoms. The van der Waals surface area contributed by atoms with Crippen LogP contribution in [0.5, 0.6) is 0 Å². The molecule has 12 aliphatic rings. The van der Waals surface area contributed by atoms with Crippen molar-refractivity contribution in [2.24, 2.45) is 32.4 Å². The van der Waals surface area contributed by atoms with Crippen LogP contribution >= 0.6 is 24.0 Å². The number of thioether (sulfide) groups is 1. The van der Waals surface area contributed by atoms with Gasteiger partial charge >= 0.3 is 42.7 Å². The van der Waals surface area contributed by atoms with Gasteiger partial charge in [0.25, 0.3) is 0 Å². The molecule has 16 nitrogen and oxygen atoms in total. The van der Waals surface area contributed by atoms with Crippen LogP contribution in [0.3, 0.4) is 0 Å². The number of nitrogens with zero attached hydrogens (tertiary/aromatic N) is 5. The van der Waals surface area contributed by atoms with Crippen molar-refractivity contribution in [2.75, 3.05) is 32.6 Å². The predicted octanol–water partition coefficient (Wildman–Crippen LogP) is 8.60. The smallest absolute Gasteiger partial charge is 0.870 e. The summed E-state index contributed by atoms with van der Waals surface area (Å²) in [6.45, 7) is 19.1. The number of aromatic nitrogens is 4. The second-order valence-corrected chi connectivity index (χ2v) is 25.4. The summed E-state index contributed by atoms with van der Waals surface area (Å²) in [7, 11) is 0. The Morgan fingerprint density at radius 1 is 0.632 bits per heavy atom. The van der Waals surface area contributed by atoms with E-state index in [-0.39, 0.29) is 90.1 Å². The molecule has 8 bridgehead atoms. The Morgan fingerprint density at radius 3 is 1.45 bits per heavy atom. The van der Waals surface area contributed by atoms with Gasteiger partial charge in [-0.05, 0) is 139 Å². The molecule has 10 heterocycles. The normalized spacial score (nSPS) is 28.2. The van der Waals surface area contributed by atoms with E-state index in [9.17, 15) is 24.3 Å². The van der Waals surface area contributed by atoms with E-state index in [1.807, 2.05) is 98.1 Å². The van der Waals surface area contributed by atoms with Crippen LogP contribution in [0.4, 0.5) is 0 Å². The maximum Gasteiger partial charge on any atom is 1.00 e. The molecular weight excluding hydrogens is 1130 g/mol. The van der Waals surface area contributed by atoms with E-state index < -0.39 is 27.6 Å². The van der Waals surface area contributed by atoms with Gasteiger partial charge in [-0.15, -0.1) is 18.2 Å². The van der Waals surface area contributed by atoms with E-state index in [4.69, 9.17) is 37.2 Å². The summed E-state index contributed by atoms with van der Waals surface area (Å²) in [6.07, 6.45) is 13.4. The Bertz CT molecular complexity index is 3690. The van der Waals surface area contributed by atoms with E-state index in [0.29, 0.717) is 32.8 Å². The number of nitrogens with one attached hydrogen (secondary N) is 1. The quantitative estimate of drug-likeness (QED) is 0.0447. The topological polar surface area (TPSA) is 232 Å². The number of carboxylic acid groups (broad SMARTS) is 1. The van der Waals surface area contributed by atoms with Gasteiger partial charge in [0.2, 0.25) is 0 Å². The number of ether oxygens (including phenoxy) is 3. The molecule has 4 aromatic carbocycles. The standard InChI is InChI=1S/C18H20N2O2.C16H16N2O2.C16H19NO2S.C15H17NO2S.C3H5N.Li.H2O/c1-4-22-17(21)18(3)9-14-12-7-5-6-8-13(12)15(18)20-11(2)10-19-16(14)20;1-9-8-17-14-12-7-16(2,15(19)20)13(18(9)14)11-6-4-3-5-10(11)12;1-4-19-15(18)16(2)9-12-10-7-5-6-8-11(10)13(16)17-14(12)20-3;1-3-18-14(17)15(2)8-11-9-6-4-5-7-10(9)12(15)16-13(11)19;1-2-3-4;;/h5-8,10,14-15H,4,9H2,1-3H3;3-6,8,12-13H,7H2,1-2H3,(H,19,20);5-8,12-13H,4,9H2,1-3H3;4-7,11-12H,3,8H2,1-2H3,(H,16,19);1H,3-4H2;;1H2/q;;;;;+1;/p-1. The number of esters is 3. The number of carbonyl (C=O) groups is 4. The summed E-state index contributed by atoms with van der Waals surface area (Å²) < 4.78 is 20.4. The maximum absolute atomic E-state index is 12.7. The Balaban J connectivity index is 0.000000146. The van der Waals surface area contributed by atoms with E-state index in [2.05, 4.69) is 117 Å². The van der Waals surface area contributed by atoms with Gasteiger partial charge in [0.05, 0.1) is 82.2 Å². The van der Waals surface area contributed by atoms with E-state index >= 15 is 0 Å². The average molecular weight is 1210 g/mol. The van der Waals surface area contributed by atoms with Crippen molar-refractivity contribution in [3.63, 3.8) is 0 Å². The summed E-state index contributed by atoms with van der Waals surface area (Å²) in [6, 6.07) is 32.9. The van der Waals surface area contributed by atoms with Crippen LogP contribution in [0.15, 0.2) is 114 Å². The molecule has 18 rings (SSSR count). The second kappa shape index (κ2) is 26.1. The molecule has 8 aliphatic heterocycles. The number of carboxylic acids is 1. The first-order chi connectivity index (χ1) is 40.7. The molecule has 0 radical (unpaired) electrons. The number of hydrogen-bond donors (Lipinski definition) is 3. The zero-order valence-corrected chi connectivity index (χ0v) is 53.3. The van der Waals surface area contributed by atoms with Crippen LogP contribution in [0, 0.1) is 47.9 Å². The Hall–Kier alpha value is -6.83. The Morgan fingerprint density at radius 2 is 1.00 bits per heavy atom. The second-order valence-electron chi connectivity index (χ2n) is 24.2. The third kappa shape index (κ3) is 11.0. The number of aliphatic imine (C=N–C) groups is 1. The first-order valence-corrected chi connectivity index (χ1v) is 31.1. The van der Waals surface area contributed by atoms with Crippen LogP contribution in [0.25, 0.3) is 0 Å². The van der Waals surface area contributed by atoms with Gasteiger partial charge in [-0.25, -0.2) is 9.97 Å². The van der Waals surface area contributed by atoms with Gasteiger partial charge in [-0.2, -0.15) is 0 Å². The third-order valence-corrected chi connectivity index (χ3v) is 20.2.